The van der Waals surface area contributed by atoms with Gasteiger partial charge in [-0.2, -0.15) is 0 Å². The van der Waals surface area contributed by atoms with E-state index < -0.39 is 5.97 Å². The molecular weight excluding hydrogens is 282 g/mol. The molecule has 1 fully saturated rings. The molecule has 1 aliphatic heterocycles. The van der Waals surface area contributed by atoms with E-state index in [9.17, 15) is 9.59 Å². The molecule has 1 saturated heterocycles. The number of nitrogens with zero attached hydrogens (tertiary/aromatic N) is 1. The standard InChI is InChI=1S/C17H23NO4/c1-22-15-9-10-18(16(19)7-8-17(20)21)12-14(15)11-13-5-3-2-4-6-13/h2-6,14-15H,7-12H2,1H3,(H,20,21)/t14-,15+/m1/s1. The van der Waals surface area contributed by atoms with Crippen LogP contribution in [-0.4, -0.2) is 48.2 Å². The lowest BCUT2D eigenvalue weighted by molar-refractivity contribution is -0.142. The topological polar surface area (TPSA) is 66.8 Å². The maximum Gasteiger partial charge on any atom is 0.303 e. The van der Waals surface area contributed by atoms with E-state index in [1.54, 1.807) is 12.0 Å². The summed E-state index contributed by atoms with van der Waals surface area (Å²) in [5.41, 5.74) is 1.23. The van der Waals surface area contributed by atoms with Crippen LogP contribution in [0.1, 0.15) is 24.8 Å². The second kappa shape index (κ2) is 7.94. The largest absolute Gasteiger partial charge is 0.481 e. The quantitative estimate of drug-likeness (QED) is 0.872. The maximum atomic E-state index is 12.1. The Kier molecular flexibility index (Phi) is 5.95. The first-order valence-electron chi connectivity index (χ1n) is 7.66. The van der Waals surface area contributed by atoms with Crippen LogP contribution in [-0.2, 0) is 20.7 Å². The number of amides is 1. The van der Waals surface area contributed by atoms with Gasteiger partial charge in [-0.15, -0.1) is 0 Å². The molecule has 120 valence electrons. The van der Waals surface area contributed by atoms with Crippen molar-refractivity contribution >= 4 is 11.9 Å². The molecule has 1 N–H and O–H groups in total. The summed E-state index contributed by atoms with van der Waals surface area (Å²) in [6.07, 6.45) is 1.77. The van der Waals surface area contributed by atoms with Gasteiger partial charge in [-0.05, 0) is 18.4 Å². The van der Waals surface area contributed by atoms with Crippen LogP contribution in [0.2, 0.25) is 0 Å². The smallest absolute Gasteiger partial charge is 0.303 e. The summed E-state index contributed by atoms with van der Waals surface area (Å²) in [5.74, 6) is -0.758. The second-order valence-electron chi connectivity index (χ2n) is 5.75. The van der Waals surface area contributed by atoms with Gasteiger partial charge in [0.05, 0.1) is 12.5 Å². The van der Waals surface area contributed by atoms with E-state index in [1.807, 2.05) is 18.2 Å². The van der Waals surface area contributed by atoms with Crippen molar-refractivity contribution in [3.63, 3.8) is 0 Å². The van der Waals surface area contributed by atoms with Crippen LogP contribution < -0.4 is 0 Å². The minimum atomic E-state index is -0.930. The molecule has 5 heteroatoms. The summed E-state index contributed by atoms with van der Waals surface area (Å²) in [6.45, 7) is 1.27. The molecule has 0 aromatic heterocycles. The van der Waals surface area contributed by atoms with Crippen LogP contribution in [0.3, 0.4) is 0 Å². The van der Waals surface area contributed by atoms with Crippen LogP contribution in [0, 0.1) is 5.92 Å². The zero-order chi connectivity index (χ0) is 15.9. The van der Waals surface area contributed by atoms with Gasteiger partial charge in [0.1, 0.15) is 0 Å². The van der Waals surface area contributed by atoms with Crippen molar-refractivity contribution in [3.8, 4) is 0 Å². The van der Waals surface area contributed by atoms with Crippen LogP contribution in [0.4, 0.5) is 0 Å². The summed E-state index contributed by atoms with van der Waals surface area (Å²) >= 11 is 0. The van der Waals surface area contributed by atoms with Gasteiger partial charge in [0.2, 0.25) is 5.91 Å². The zero-order valence-electron chi connectivity index (χ0n) is 12.9. The van der Waals surface area contributed by atoms with E-state index in [-0.39, 0.29) is 30.8 Å². The number of methoxy groups -OCH3 is 1. The molecule has 1 aromatic carbocycles. The summed E-state index contributed by atoms with van der Waals surface area (Å²) in [5, 5.41) is 8.70. The summed E-state index contributed by atoms with van der Waals surface area (Å²) < 4.78 is 5.57. The van der Waals surface area contributed by atoms with Crippen molar-refractivity contribution in [2.24, 2.45) is 5.92 Å². The molecule has 1 aliphatic rings. The van der Waals surface area contributed by atoms with E-state index in [1.165, 1.54) is 5.56 Å². The van der Waals surface area contributed by atoms with Crippen molar-refractivity contribution in [2.45, 2.75) is 31.8 Å². The second-order valence-corrected chi connectivity index (χ2v) is 5.75. The Morgan fingerprint density at radius 1 is 1.27 bits per heavy atom. The lowest BCUT2D eigenvalue weighted by atomic mass is 9.88. The lowest BCUT2D eigenvalue weighted by Gasteiger charge is -2.38. The summed E-state index contributed by atoms with van der Waals surface area (Å²) in [7, 11) is 1.71. The number of hydrogen-bond donors (Lipinski definition) is 1. The van der Waals surface area contributed by atoms with Gasteiger partial charge < -0.3 is 14.7 Å². The number of ether oxygens (including phenoxy) is 1. The SMILES string of the molecule is CO[C@H]1CCN(C(=O)CCC(=O)O)C[C@H]1Cc1ccccc1. The zero-order valence-corrected chi connectivity index (χ0v) is 12.9. The van der Waals surface area contributed by atoms with Gasteiger partial charge in [0.25, 0.3) is 0 Å². The van der Waals surface area contributed by atoms with Crippen LogP contribution in [0.15, 0.2) is 30.3 Å². The summed E-state index contributed by atoms with van der Waals surface area (Å²) in [6, 6.07) is 10.2. The molecule has 1 aromatic rings. The number of carbonyl (C=O) groups is 2. The number of piperidine rings is 1. The van der Waals surface area contributed by atoms with E-state index in [0.29, 0.717) is 13.1 Å². The Balaban J connectivity index is 1.97. The van der Waals surface area contributed by atoms with Crippen LogP contribution >= 0.6 is 0 Å². The number of carboxylic acids is 1. The van der Waals surface area contributed by atoms with Crippen LogP contribution in [0.25, 0.3) is 0 Å². The van der Waals surface area contributed by atoms with Gasteiger partial charge in [-0.25, -0.2) is 0 Å². The molecule has 22 heavy (non-hydrogen) atoms. The Hall–Kier alpha value is -1.88. The highest BCUT2D eigenvalue weighted by Gasteiger charge is 2.31. The first-order valence-corrected chi connectivity index (χ1v) is 7.66. The molecule has 0 unspecified atom stereocenters. The van der Waals surface area contributed by atoms with Crippen molar-refractivity contribution in [1.29, 1.82) is 0 Å². The fraction of sp³-hybridized carbons (Fsp3) is 0.529. The molecule has 1 heterocycles. The van der Waals surface area contributed by atoms with Gasteiger partial charge in [0.15, 0.2) is 0 Å². The summed E-state index contributed by atoms with van der Waals surface area (Å²) in [4.78, 5) is 24.5. The van der Waals surface area contributed by atoms with E-state index in [4.69, 9.17) is 9.84 Å². The molecule has 2 rings (SSSR count). The molecule has 0 spiro atoms. The predicted octanol–water partition coefficient (Wildman–Crippen LogP) is 1.96. The van der Waals surface area contributed by atoms with Gasteiger partial charge in [-0.3, -0.25) is 9.59 Å². The number of carboxylic acid groups (broad SMARTS) is 1. The van der Waals surface area contributed by atoms with E-state index in [2.05, 4.69) is 12.1 Å². The first-order chi connectivity index (χ1) is 10.6. The number of benzene rings is 1. The van der Waals surface area contributed by atoms with Gasteiger partial charge >= 0.3 is 5.97 Å². The Labute approximate surface area is 130 Å². The Morgan fingerprint density at radius 2 is 2.00 bits per heavy atom. The highest BCUT2D eigenvalue weighted by atomic mass is 16.5. The molecule has 0 bridgehead atoms. The third kappa shape index (κ3) is 4.56. The van der Waals surface area contributed by atoms with Gasteiger partial charge in [0, 0.05) is 32.5 Å². The third-order valence-corrected chi connectivity index (χ3v) is 4.21. The van der Waals surface area contributed by atoms with Crippen molar-refractivity contribution in [1.82, 2.24) is 4.90 Å². The average Bonchev–Trinajstić information content (AvgIpc) is 2.53. The highest BCUT2D eigenvalue weighted by molar-refractivity contribution is 5.80. The van der Waals surface area contributed by atoms with Crippen LogP contribution in [0.5, 0.6) is 0 Å². The number of rotatable bonds is 6. The monoisotopic (exact) mass is 305 g/mol. The molecule has 5 nitrogen and oxygen atoms in total. The van der Waals surface area contributed by atoms with E-state index in [0.717, 1.165) is 12.8 Å². The third-order valence-electron chi connectivity index (χ3n) is 4.21. The van der Waals surface area contributed by atoms with Gasteiger partial charge in [-0.1, -0.05) is 30.3 Å². The minimum absolute atomic E-state index is 0.0741. The lowest BCUT2D eigenvalue weighted by Crippen LogP contribution is -2.47. The first kappa shape index (κ1) is 16.5. The number of carbonyl (C=O) groups excluding carboxylic acids is 1. The van der Waals surface area contributed by atoms with E-state index >= 15 is 0 Å². The maximum absolute atomic E-state index is 12.1. The molecule has 0 radical (unpaired) electrons. The molecular formula is C17H23NO4. The number of hydrogen-bond acceptors (Lipinski definition) is 3. The highest BCUT2D eigenvalue weighted by Crippen LogP contribution is 2.24. The van der Waals surface area contributed by atoms with Crippen molar-refractivity contribution in [2.75, 3.05) is 20.2 Å². The number of aliphatic carboxylic acids is 1. The fourth-order valence-electron chi connectivity index (χ4n) is 3.03. The predicted molar refractivity (Wildman–Crippen MR) is 82.5 cm³/mol. The Morgan fingerprint density at radius 3 is 2.64 bits per heavy atom. The Bertz CT molecular complexity index is 503. The average molecular weight is 305 g/mol. The molecule has 0 aliphatic carbocycles. The number of likely N-dealkylation sites (tertiary alicyclic amines) is 1. The molecule has 1 amide bonds. The minimum Gasteiger partial charge on any atom is -0.481 e. The normalized spacial score (nSPS) is 21.6. The van der Waals surface area contributed by atoms with Crippen molar-refractivity contribution < 1.29 is 19.4 Å². The van der Waals surface area contributed by atoms with Crippen molar-refractivity contribution in [3.05, 3.63) is 35.9 Å². The fourth-order valence-corrected chi connectivity index (χ4v) is 3.03. The molecule has 2 atom stereocenters. The molecule has 0 saturated carbocycles.